The van der Waals surface area contributed by atoms with E-state index in [1.54, 1.807) is 0 Å². The minimum absolute atomic E-state index is 0.109. The minimum Gasteiger partial charge on any atom is -0.370 e. The van der Waals surface area contributed by atoms with Gasteiger partial charge in [-0.2, -0.15) is 0 Å². The van der Waals surface area contributed by atoms with Crippen LogP contribution in [0.15, 0.2) is 18.2 Å². The molecule has 1 fully saturated rings. The third kappa shape index (κ3) is 3.42. The Morgan fingerprint density at radius 2 is 1.94 bits per heavy atom. The van der Waals surface area contributed by atoms with Gasteiger partial charge in [0, 0.05) is 5.56 Å². The van der Waals surface area contributed by atoms with E-state index >= 15 is 0 Å². The van der Waals surface area contributed by atoms with Crippen molar-refractivity contribution in [1.82, 2.24) is 0 Å². The van der Waals surface area contributed by atoms with Crippen LogP contribution in [0.3, 0.4) is 0 Å². The molecule has 1 aromatic rings. The molecule has 1 aliphatic rings. The van der Waals surface area contributed by atoms with Crippen molar-refractivity contribution in [3.63, 3.8) is 0 Å². The lowest BCUT2D eigenvalue weighted by molar-refractivity contribution is 0.0284. The number of carbonyl (C=O) groups is 1. The van der Waals surface area contributed by atoms with E-state index in [1.165, 1.54) is 24.8 Å². The Hall–Kier alpha value is -1.15. The summed E-state index contributed by atoms with van der Waals surface area (Å²) in [6.45, 7) is 4.26. The fourth-order valence-electron chi connectivity index (χ4n) is 2.63. The van der Waals surface area contributed by atoms with Gasteiger partial charge in [-0.05, 0) is 32.3 Å². The average Bonchev–Trinajstić information content (AvgIpc) is 2.37. The Kier molecular flexibility index (Phi) is 4.54. The lowest BCUT2D eigenvalue weighted by Gasteiger charge is -2.21. The molecule has 0 N–H and O–H groups in total. The Bertz CT molecular complexity index is 417. The average molecular weight is 246 g/mol. The standard InChI is InChI=1S/C16H22O2/c1-12-8-9-15(13(2)10-12)16(17)11-18-14-6-4-3-5-7-14/h8-10,14H,3-7,11H2,1-2H3. The van der Waals surface area contributed by atoms with Crippen LogP contribution < -0.4 is 0 Å². The summed E-state index contributed by atoms with van der Waals surface area (Å²) in [6.07, 6.45) is 6.31. The topological polar surface area (TPSA) is 26.3 Å². The molecule has 0 spiro atoms. The molecule has 0 atom stereocenters. The van der Waals surface area contributed by atoms with Gasteiger partial charge in [-0.15, -0.1) is 0 Å². The van der Waals surface area contributed by atoms with Gasteiger partial charge in [0.05, 0.1) is 6.10 Å². The number of hydrogen-bond donors (Lipinski definition) is 0. The number of Topliss-reactive ketones (excluding diaryl/α,β-unsaturated/α-hetero) is 1. The first-order valence-electron chi connectivity index (χ1n) is 6.89. The molecule has 0 aliphatic heterocycles. The maximum Gasteiger partial charge on any atom is 0.188 e. The van der Waals surface area contributed by atoms with Gasteiger partial charge in [-0.25, -0.2) is 0 Å². The van der Waals surface area contributed by atoms with E-state index in [9.17, 15) is 4.79 Å². The minimum atomic E-state index is 0.109. The van der Waals surface area contributed by atoms with Crippen molar-refractivity contribution >= 4 is 5.78 Å². The van der Waals surface area contributed by atoms with Crippen molar-refractivity contribution in [2.24, 2.45) is 0 Å². The zero-order valence-corrected chi connectivity index (χ0v) is 11.4. The van der Waals surface area contributed by atoms with Gasteiger partial charge in [0.2, 0.25) is 0 Å². The second-order valence-corrected chi connectivity index (χ2v) is 5.31. The van der Waals surface area contributed by atoms with E-state index in [4.69, 9.17) is 4.74 Å². The Labute approximate surface area is 109 Å². The van der Waals surface area contributed by atoms with Gasteiger partial charge in [0.25, 0.3) is 0 Å². The largest absolute Gasteiger partial charge is 0.370 e. The molecule has 98 valence electrons. The Morgan fingerprint density at radius 3 is 2.61 bits per heavy atom. The number of ketones is 1. The van der Waals surface area contributed by atoms with Gasteiger partial charge >= 0.3 is 0 Å². The molecule has 0 unspecified atom stereocenters. The van der Waals surface area contributed by atoms with E-state index in [0.29, 0.717) is 6.10 Å². The molecule has 1 aromatic carbocycles. The Morgan fingerprint density at radius 1 is 1.22 bits per heavy atom. The van der Waals surface area contributed by atoms with Crippen LogP contribution in [0.5, 0.6) is 0 Å². The van der Waals surface area contributed by atoms with Crippen molar-refractivity contribution in [3.8, 4) is 0 Å². The summed E-state index contributed by atoms with van der Waals surface area (Å²) < 4.78 is 5.73. The van der Waals surface area contributed by atoms with Crippen molar-refractivity contribution in [3.05, 3.63) is 34.9 Å². The molecule has 2 rings (SSSR count). The number of aryl methyl sites for hydroxylation is 2. The second kappa shape index (κ2) is 6.14. The van der Waals surface area contributed by atoms with Crippen LogP contribution in [0, 0.1) is 13.8 Å². The van der Waals surface area contributed by atoms with E-state index in [-0.39, 0.29) is 12.4 Å². The fraction of sp³-hybridized carbons (Fsp3) is 0.562. The van der Waals surface area contributed by atoms with Gasteiger partial charge < -0.3 is 4.74 Å². The van der Waals surface area contributed by atoms with E-state index in [2.05, 4.69) is 0 Å². The maximum atomic E-state index is 12.1. The highest BCUT2D eigenvalue weighted by Crippen LogP contribution is 2.20. The first kappa shape index (κ1) is 13.3. The summed E-state index contributed by atoms with van der Waals surface area (Å²) in [4.78, 5) is 12.1. The van der Waals surface area contributed by atoms with E-state index < -0.39 is 0 Å². The second-order valence-electron chi connectivity index (χ2n) is 5.31. The van der Waals surface area contributed by atoms with E-state index in [0.717, 1.165) is 24.0 Å². The zero-order valence-electron chi connectivity index (χ0n) is 11.4. The molecule has 0 aromatic heterocycles. The van der Waals surface area contributed by atoms with Crippen LogP contribution in [0.2, 0.25) is 0 Å². The number of ether oxygens (including phenoxy) is 1. The van der Waals surface area contributed by atoms with Gasteiger partial charge in [-0.1, -0.05) is 43.0 Å². The monoisotopic (exact) mass is 246 g/mol. The van der Waals surface area contributed by atoms with Crippen LogP contribution in [0.1, 0.15) is 53.6 Å². The summed E-state index contributed by atoms with van der Waals surface area (Å²) >= 11 is 0. The molecule has 0 amide bonds. The van der Waals surface area contributed by atoms with Crippen LogP contribution >= 0.6 is 0 Å². The molecule has 2 heteroatoms. The normalized spacial score (nSPS) is 16.8. The van der Waals surface area contributed by atoms with Crippen molar-refractivity contribution < 1.29 is 9.53 Å². The third-order valence-electron chi connectivity index (χ3n) is 3.68. The molecule has 0 radical (unpaired) electrons. The van der Waals surface area contributed by atoms with Crippen LogP contribution in [0.4, 0.5) is 0 Å². The maximum absolute atomic E-state index is 12.1. The molecule has 0 saturated heterocycles. The first-order valence-corrected chi connectivity index (χ1v) is 6.89. The third-order valence-corrected chi connectivity index (χ3v) is 3.68. The van der Waals surface area contributed by atoms with Gasteiger partial charge in [0.15, 0.2) is 5.78 Å². The number of hydrogen-bond acceptors (Lipinski definition) is 2. The predicted molar refractivity (Wildman–Crippen MR) is 73.1 cm³/mol. The van der Waals surface area contributed by atoms with Crippen LogP contribution in [-0.2, 0) is 4.74 Å². The number of rotatable bonds is 4. The van der Waals surface area contributed by atoms with E-state index in [1.807, 2.05) is 32.0 Å². The molecule has 1 aliphatic carbocycles. The summed E-state index contributed by atoms with van der Waals surface area (Å²) in [6, 6.07) is 5.95. The first-order chi connectivity index (χ1) is 8.66. The quantitative estimate of drug-likeness (QED) is 0.755. The molecule has 18 heavy (non-hydrogen) atoms. The number of carbonyl (C=O) groups excluding carboxylic acids is 1. The van der Waals surface area contributed by atoms with Crippen molar-refractivity contribution in [1.29, 1.82) is 0 Å². The molecule has 0 bridgehead atoms. The zero-order chi connectivity index (χ0) is 13.0. The predicted octanol–water partition coefficient (Wildman–Crippen LogP) is 3.84. The van der Waals surface area contributed by atoms with Crippen molar-refractivity contribution in [2.75, 3.05) is 6.61 Å². The molecule has 2 nitrogen and oxygen atoms in total. The lowest BCUT2D eigenvalue weighted by Crippen LogP contribution is -2.21. The smallest absolute Gasteiger partial charge is 0.188 e. The molecular formula is C16H22O2. The highest BCUT2D eigenvalue weighted by atomic mass is 16.5. The van der Waals surface area contributed by atoms with Gasteiger partial charge in [-0.3, -0.25) is 4.79 Å². The van der Waals surface area contributed by atoms with Gasteiger partial charge in [0.1, 0.15) is 6.61 Å². The summed E-state index contributed by atoms with van der Waals surface area (Å²) in [5.74, 6) is 0.109. The molecular weight excluding hydrogens is 224 g/mol. The summed E-state index contributed by atoms with van der Waals surface area (Å²) in [7, 11) is 0. The Balaban J connectivity index is 1.90. The molecule has 0 heterocycles. The highest BCUT2D eigenvalue weighted by Gasteiger charge is 2.16. The SMILES string of the molecule is Cc1ccc(C(=O)COC2CCCCC2)c(C)c1. The summed E-state index contributed by atoms with van der Waals surface area (Å²) in [5.41, 5.74) is 3.04. The highest BCUT2D eigenvalue weighted by molar-refractivity contribution is 5.98. The number of benzene rings is 1. The molecule has 1 saturated carbocycles. The summed E-state index contributed by atoms with van der Waals surface area (Å²) in [5, 5.41) is 0. The fourth-order valence-corrected chi connectivity index (χ4v) is 2.63. The van der Waals surface area contributed by atoms with Crippen LogP contribution in [0.25, 0.3) is 0 Å². The lowest BCUT2D eigenvalue weighted by atomic mass is 9.97. The van der Waals surface area contributed by atoms with Crippen molar-refractivity contribution in [2.45, 2.75) is 52.1 Å². The van der Waals surface area contributed by atoms with Crippen LogP contribution in [-0.4, -0.2) is 18.5 Å².